The average Bonchev–Trinajstić information content (AvgIpc) is 3.19. The van der Waals surface area contributed by atoms with Crippen LogP contribution in [0.4, 0.5) is 10.7 Å². The number of hydroxylamine groups is 1. The number of nitrogens with zero attached hydrogens (tertiary/aromatic N) is 4. The van der Waals surface area contributed by atoms with Crippen LogP contribution in [-0.4, -0.2) is 63.9 Å². The Hall–Kier alpha value is -2.42. The number of likely N-dealkylation sites (tertiary alicyclic amines) is 1. The van der Waals surface area contributed by atoms with Crippen LogP contribution in [-0.2, 0) is 4.74 Å². The van der Waals surface area contributed by atoms with Crippen LogP contribution >= 0.6 is 0 Å². The van der Waals surface area contributed by atoms with Gasteiger partial charge in [-0.1, -0.05) is 13.8 Å². The van der Waals surface area contributed by atoms with Crippen molar-refractivity contribution in [3.63, 3.8) is 0 Å². The van der Waals surface area contributed by atoms with Gasteiger partial charge in [-0.25, -0.2) is 20.2 Å². The summed E-state index contributed by atoms with van der Waals surface area (Å²) >= 11 is 0. The first-order valence-corrected chi connectivity index (χ1v) is 7.96. The van der Waals surface area contributed by atoms with Crippen LogP contribution in [0.15, 0.2) is 12.4 Å². The topological polar surface area (TPSA) is 108 Å². The molecule has 2 N–H and O–H groups in total. The third kappa shape index (κ3) is 3.12. The number of piperazine rings is 1. The maximum atomic E-state index is 12.1. The lowest BCUT2D eigenvalue weighted by atomic mass is 10.2. The van der Waals surface area contributed by atoms with Crippen LogP contribution in [0.5, 0.6) is 0 Å². The molecule has 24 heavy (non-hydrogen) atoms. The van der Waals surface area contributed by atoms with E-state index >= 15 is 0 Å². The molecule has 0 aliphatic carbocycles. The first-order chi connectivity index (χ1) is 11.5. The molecule has 1 aromatic heterocycles. The van der Waals surface area contributed by atoms with Gasteiger partial charge in [-0.05, 0) is 12.3 Å². The van der Waals surface area contributed by atoms with Crippen LogP contribution in [0.1, 0.15) is 30.6 Å². The zero-order valence-electron chi connectivity index (χ0n) is 13.7. The minimum Gasteiger partial charge on any atom is -0.449 e. The minimum atomic E-state index is -0.649. The van der Waals surface area contributed by atoms with Gasteiger partial charge in [-0.2, -0.15) is 0 Å². The second-order valence-electron chi connectivity index (χ2n) is 6.53. The van der Waals surface area contributed by atoms with Crippen LogP contribution < -0.4 is 10.4 Å². The van der Waals surface area contributed by atoms with Gasteiger partial charge in [0.25, 0.3) is 5.91 Å². The summed E-state index contributed by atoms with van der Waals surface area (Å²) in [6.45, 7) is 5.66. The monoisotopic (exact) mass is 335 g/mol. The van der Waals surface area contributed by atoms with Crippen LogP contribution in [0.2, 0.25) is 0 Å². The van der Waals surface area contributed by atoms with Gasteiger partial charge >= 0.3 is 6.09 Å². The summed E-state index contributed by atoms with van der Waals surface area (Å²) in [7, 11) is 0. The molecule has 9 heteroatoms. The molecule has 0 spiro atoms. The number of fused-ring (bicyclic) bond motifs is 2. The number of ether oxygens (including phenoxy) is 1. The van der Waals surface area contributed by atoms with E-state index in [1.54, 1.807) is 10.4 Å². The van der Waals surface area contributed by atoms with Crippen molar-refractivity contribution < 1.29 is 19.5 Å². The van der Waals surface area contributed by atoms with E-state index in [4.69, 9.17) is 9.94 Å². The second-order valence-corrected chi connectivity index (χ2v) is 6.53. The van der Waals surface area contributed by atoms with Crippen molar-refractivity contribution in [2.45, 2.75) is 32.4 Å². The molecular formula is C15H21N5O4. The molecule has 3 rings (SSSR count). The van der Waals surface area contributed by atoms with Crippen molar-refractivity contribution >= 4 is 17.9 Å². The molecule has 1 aromatic rings. The Morgan fingerprint density at radius 2 is 2.04 bits per heavy atom. The van der Waals surface area contributed by atoms with Crippen LogP contribution in [0.25, 0.3) is 0 Å². The first kappa shape index (κ1) is 16.4. The zero-order chi connectivity index (χ0) is 17.3. The van der Waals surface area contributed by atoms with E-state index in [9.17, 15) is 9.59 Å². The SMILES string of the molecule is CC(C)COC(=O)N1C[C@@H]2C[C@@H]1CN2c1ncc(C(=O)NO)cn1. The molecule has 2 atom stereocenters. The molecule has 2 aliphatic heterocycles. The lowest BCUT2D eigenvalue weighted by Crippen LogP contribution is -2.49. The van der Waals surface area contributed by atoms with Crippen molar-refractivity contribution in [1.29, 1.82) is 0 Å². The number of hydrogen-bond donors (Lipinski definition) is 2. The standard InChI is InChI=1S/C15H21N5O4/c1-9(2)8-24-15(22)20-7-11-3-12(20)6-19(11)14-16-4-10(5-17-14)13(21)18-23/h4-5,9,11-12,23H,3,6-8H2,1-2H3,(H,18,21)/t11-,12+/m0/s1. The highest BCUT2D eigenvalue weighted by Crippen LogP contribution is 2.33. The Bertz CT molecular complexity index is 621. The largest absolute Gasteiger partial charge is 0.449 e. The molecule has 2 fully saturated rings. The lowest BCUT2D eigenvalue weighted by Gasteiger charge is -2.33. The third-order valence-electron chi connectivity index (χ3n) is 4.27. The van der Waals surface area contributed by atoms with E-state index < -0.39 is 5.91 Å². The Morgan fingerprint density at radius 1 is 1.33 bits per heavy atom. The molecule has 2 aliphatic rings. The van der Waals surface area contributed by atoms with Gasteiger partial charge < -0.3 is 14.5 Å². The van der Waals surface area contributed by atoms with E-state index in [-0.39, 0.29) is 23.7 Å². The fraction of sp³-hybridized carbons (Fsp3) is 0.600. The number of aromatic nitrogens is 2. The lowest BCUT2D eigenvalue weighted by molar-refractivity contribution is 0.0705. The molecule has 130 valence electrons. The maximum absolute atomic E-state index is 12.1. The highest BCUT2D eigenvalue weighted by atomic mass is 16.6. The van der Waals surface area contributed by atoms with E-state index in [2.05, 4.69) is 9.97 Å². The number of amides is 2. The molecule has 3 heterocycles. The summed E-state index contributed by atoms with van der Waals surface area (Å²) < 4.78 is 5.30. The van der Waals surface area contributed by atoms with Gasteiger partial charge in [0.2, 0.25) is 5.95 Å². The summed E-state index contributed by atoms with van der Waals surface area (Å²) in [5, 5.41) is 8.60. The van der Waals surface area contributed by atoms with Crippen molar-refractivity contribution in [3.8, 4) is 0 Å². The van der Waals surface area contributed by atoms with Crippen molar-refractivity contribution in [1.82, 2.24) is 20.3 Å². The van der Waals surface area contributed by atoms with Crippen LogP contribution in [0, 0.1) is 5.92 Å². The summed E-state index contributed by atoms with van der Waals surface area (Å²) in [6.07, 6.45) is 3.34. The fourth-order valence-corrected chi connectivity index (χ4v) is 3.11. The van der Waals surface area contributed by atoms with Gasteiger partial charge in [0.1, 0.15) is 0 Å². The molecule has 0 saturated carbocycles. The molecule has 0 unspecified atom stereocenters. The summed E-state index contributed by atoms with van der Waals surface area (Å²) in [5.74, 6) is 0.184. The predicted molar refractivity (Wildman–Crippen MR) is 83.7 cm³/mol. The molecule has 2 amide bonds. The average molecular weight is 335 g/mol. The van der Waals surface area contributed by atoms with Crippen LogP contribution in [0.3, 0.4) is 0 Å². The normalized spacial score (nSPS) is 22.2. The number of rotatable bonds is 4. The van der Waals surface area contributed by atoms with Gasteiger partial charge in [-0.3, -0.25) is 10.0 Å². The Kier molecular flexibility index (Phi) is 4.52. The number of nitrogens with one attached hydrogen (secondary N) is 1. The Labute approximate surface area is 139 Å². The second kappa shape index (κ2) is 6.60. The molecule has 9 nitrogen and oxygen atoms in total. The van der Waals surface area contributed by atoms with E-state index in [0.717, 1.165) is 6.42 Å². The quantitative estimate of drug-likeness (QED) is 0.614. The van der Waals surface area contributed by atoms with E-state index in [0.29, 0.717) is 31.6 Å². The fourth-order valence-electron chi connectivity index (χ4n) is 3.11. The maximum Gasteiger partial charge on any atom is 0.410 e. The Balaban J connectivity index is 1.61. The Morgan fingerprint density at radius 3 is 2.58 bits per heavy atom. The zero-order valence-corrected chi connectivity index (χ0v) is 13.7. The molecule has 2 bridgehead atoms. The first-order valence-electron chi connectivity index (χ1n) is 7.96. The third-order valence-corrected chi connectivity index (χ3v) is 4.27. The number of carbonyl (C=O) groups excluding carboxylic acids is 2. The molecule has 0 aromatic carbocycles. The number of anilines is 1. The van der Waals surface area contributed by atoms with Gasteiger partial charge in [-0.15, -0.1) is 0 Å². The smallest absolute Gasteiger partial charge is 0.410 e. The van der Waals surface area contributed by atoms with Gasteiger partial charge in [0.15, 0.2) is 0 Å². The molecule has 2 saturated heterocycles. The minimum absolute atomic E-state index is 0.0960. The summed E-state index contributed by atoms with van der Waals surface area (Å²) in [6, 6.07) is 0.248. The van der Waals surface area contributed by atoms with Gasteiger partial charge in [0.05, 0.1) is 24.3 Å². The van der Waals surface area contributed by atoms with Crippen molar-refractivity contribution in [2.75, 3.05) is 24.6 Å². The van der Waals surface area contributed by atoms with E-state index in [1.807, 2.05) is 18.7 Å². The summed E-state index contributed by atoms with van der Waals surface area (Å²) in [5.41, 5.74) is 1.73. The predicted octanol–water partition coefficient (Wildman–Crippen LogP) is 0.651. The molecular weight excluding hydrogens is 314 g/mol. The number of hydrogen-bond acceptors (Lipinski definition) is 7. The van der Waals surface area contributed by atoms with E-state index in [1.165, 1.54) is 12.4 Å². The number of carbonyl (C=O) groups is 2. The van der Waals surface area contributed by atoms with Crippen molar-refractivity contribution in [3.05, 3.63) is 18.0 Å². The van der Waals surface area contributed by atoms with Crippen molar-refractivity contribution in [2.24, 2.45) is 5.92 Å². The summed E-state index contributed by atoms with van der Waals surface area (Å²) in [4.78, 5) is 35.6. The van der Waals surface area contributed by atoms with Gasteiger partial charge in [0, 0.05) is 25.5 Å². The highest BCUT2D eigenvalue weighted by Gasteiger charge is 2.46. The highest BCUT2D eigenvalue weighted by molar-refractivity contribution is 5.92. The molecule has 0 radical (unpaired) electrons.